The number of piperidine rings is 1. The van der Waals surface area contributed by atoms with Gasteiger partial charge < -0.3 is 10.2 Å². The van der Waals surface area contributed by atoms with Gasteiger partial charge in [0.15, 0.2) is 0 Å². The van der Waals surface area contributed by atoms with Gasteiger partial charge in [-0.05, 0) is 45.1 Å². The van der Waals surface area contributed by atoms with Gasteiger partial charge in [-0.3, -0.25) is 0 Å². The molecule has 1 fully saturated rings. The molecule has 0 amide bonds. The monoisotopic (exact) mass is 222 g/mol. The molecule has 0 spiro atoms. The fourth-order valence-electron chi connectivity index (χ4n) is 1.69. The van der Waals surface area contributed by atoms with Crippen LogP contribution in [0.5, 0.6) is 0 Å². The van der Waals surface area contributed by atoms with E-state index in [0.29, 0.717) is 6.04 Å². The van der Waals surface area contributed by atoms with Crippen LogP contribution in [0.1, 0.15) is 26.7 Å². The first-order valence-electron chi connectivity index (χ1n) is 6.16. The van der Waals surface area contributed by atoms with Crippen molar-refractivity contribution in [3.63, 3.8) is 0 Å². The second-order valence-electron chi connectivity index (χ2n) is 3.78. The maximum Gasteiger partial charge on any atom is 0.0336 e. The number of rotatable bonds is 4. The fourth-order valence-corrected chi connectivity index (χ4v) is 1.69. The van der Waals surface area contributed by atoms with Crippen molar-refractivity contribution in [3.05, 3.63) is 37.1 Å². The van der Waals surface area contributed by atoms with E-state index in [1.807, 2.05) is 26.0 Å². The molecule has 2 nitrogen and oxygen atoms in total. The van der Waals surface area contributed by atoms with Crippen molar-refractivity contribution >= 4 is 0 Å². The van der Waals surface area contributed by atoms with E-state index in [2.05, 4.69) is 30.4 Å². The molecule has 1 heterocycles. The minimum absolute atomic E-state index is 0.593. The SMILES string of the molecule is C=C/C=C(\C=C)NC1CCN(C)CC1.CC. The third kappa shape index (κ3) is 5.76. The summed E-state index contributed by atoms with van der Waals surface area (Å²) in [6.45, 7) is 13.8. The van der Waals surface area contributed by atoms with E-state index in [9.17, 15) is 0 Å². The van der Waals surface area contributed by atoms with Gasteiger partial charge in [-0.15, -0.1) is 0 Å². The molecule has 0 aliphatic carbocycles. The van der Waals surface area contributed by atoms with Crippen LogP contribution in [0.2, 0.25) is 0 Å². The first kappa shape index (κ1) is 15.0. The van der Waals surface area contributed by atoms with Crippen LogP contribution in [-0.2, 0) is 0 Å². The van der Waals surface area contributed by atoms with E-state index in [1.54, 1.807) is 6.08 Å². The van der Waals surface area contributed by atoms with Crippen molar-refractivity contribution in [2.24, 2.45) is 0 Å². The van der Waals surface area contributed by atoms with E-state index in [0.717, 1.165) is 5.70 Å². The minimum atomic E-state index is 0.593. The normalized spacial score (nSPS) is 18.3. The maximum atomic E-state index is 3.77. The van der Waals surface area contributed by atoms with Gasteiger partial charge in [0.25, 0.3) is 0 Å². The largest absolute Gasteiger partial charge is 0.382 e. The molecule has 0 atom stereocenters. The highest BCUT2D eigenvalue weighted by atomic mass is 15.1. The van der Waals surface area contributed by atoms with Crippen LogP contribution in [-0.4, -0.2) is 31.1 Å². The quantitative estimate of drug-likeness (QED) is 0.736. The van der Waals surface area contributed by atoms with Crippen LogP contribution in [0.3, 0.4) is 0 Å². The Kier molecular flexibility index (Phi) is 8.64. The lowest BCUT2D eigenvalue weighted by atomic mass is 10.1. The van der Waals surface area contributed by atoms with Gasteiger partial charge in [0.05, 0.1) is 0 Å². The van der Waals surface area contributed by atoms with Gasteiger partial charge in [-0.1, -0.05) is 33.1 Å². The van der Waals surface area contributed by atoms with E-state index in [-0.39, 0.29) is 0 Å². The molecule has 1 rings (SSSR count). The van der Waals surface area contributed by atoms with Crippen LogP contribution in [0.4, 0.5) is 0 Å². The van der Waals surface area contributed by atoms with Crippen LogP contribution in [0, 0.1) is 0 Å². The summed E-state index contributed by atoms with van der Waals surface area (Å²) in [5.74, 6) is 0. The summed E-state index contributed by atoms with van der Waals surface area (Å²) in [7, 11) is 2.17. The topological polar surface area (TPSA) is 15.3 Å². The lowest BCUT2D eigenvalue weighted by Gasteiger charge is -2.30. The highest BCUT2D eigenvalue weighted by molar-refractivity contribution is 5.19. The van der Waals surface area contributed by atoms with Crippen molar-refractivity contribution < 1.29 is 0 Å². The number of hydrogen-bond acceptors (Lipinski definition) is 2. The molecule has 92 valence electrons. The van der Waals surface area contributed by atoms with Crippen molar-refractivity contribution in [3.8, 4) is 0 Å². The number of nitrogens with one attached hydrogen (secondary N) is 1. The van der Waals surface area contributed by atoms with Crippen LogP contribution in [0.25, 0.3) is 0 Å². The second-order valence-corrected chi connectivity index (χ2v) is 3.78. The molecule has 0 saturated carbocycles. The lowest BCUT2D eigenvalue weighted by molar-refractivity contribution is 0.242. The summed E-state index contributed by atoms with van der Waals surface area (Å²) in [5, 5.41) is 3.47. The Morgan fingerprint density at radius 3 is 2.25 bits per heavy atom. The summed E-state index contributed by atoms with van der Waals surface area (Å²) in [6, 6.07) is 0.593. The average molecular weight is 222 g/mol. The average Bonchev–Trinajstić information content (AvgIpc) is 2.34. The Balaban J connectivity index is 0.00000106. The van der Waals surface area contributed by atoms with E-state index < -0.39 is 0 Å². The molecule has 0 aromatic carbocycles. The van der Waals surface area contributed by atoms with E-state index in [1.165, 1.54) is 25.9 Å². The number of likely N-dealkylation sites (tertiary alicyclic amines) is 1. The van der Waals surface area contributed by atoms with Crippen LogP contribution < -0.4 is 5.32 Å². The second kappa shape index (κ2) is 9.22. The lowest BCUT2D eigenvalue weighted by Crippen LogP contribution is -2.40. The Morgan fingerprint density at radius 2 is 1.81 bits per heavy atom. The van der Waals surface area contributed by atoms with Crippen molar-refractivity contribution in [1.29, 1.82) is 0 Å². The van der Waals surface area contributed by atoms with Crippen molar-refractivity contribution in [2.75, 3.05) is 20.1 Å². The summed E-state index contributed by atoms with van der Waals surface area (Å²) in [6.07, 6.45) is 8.02. The summed E-state index contributed by atoms with van der Waals surface area (Å²) in [5.41, 5.74) is 1.08. The highest BCUT2D eigenvalue weighted by Crippen LogP contribution is 2.10. The number of hydrogen-bond donors (Lipinski definition) is 1. The molecule has 0 aromatic heterocycles. The van der Waals surface area contributed by atoms with E-state index >= 15 is 0 Å². The van der Waals surface area contributed by atoms with E-state index in [4.69, 9.17) is 0 Å². The zero-order chi connectivity index (χ0) is 12.4. The first-order valence-corrected chi connectivity index (χ1v) is 6.16. The van der Waals surface area contributed by atoms with Gasteiger partial charge in [0.1, 0.15) is 0 Å². The standard InChI is InChI=1S/C12H20N2.C2H6/c1-4-6-11(5-2)13-12-7-9-14(3)10-8-12;1-2/h4-6,12-13H,1-2,7-10H2,3H3;1-2H3/b11-6+;. The molecule has 1 saturated heterocycles. The van der Waals surface area contributed by atoms with Crippen LogP contribution >= 0.6 is 0 Å². The molecule has 16 heavy (non-hydrogen) atoms. The Labute approximate surface area is 101 Å². The fraction of sp³-hybridized carbons (Fsp3) is 0.571. The molecule has 1 aliphatic heterocycles. The maximum absolute atomic E-state index is 3.77. The van der Waals surface area contributed by atoms with Gasteiger partial charge in [-0.2, -0.15) is 0 Å². The number of allylic oxidation sites excluding steroid dienone is 3. The number of nitrogens with zero attached hydrogens (tertiary/aromatic N) is 1. The summed E-state index contributed by atoms with van der Waals surface area (Å²) < 4.78 is 0. The molecule has 1 aliphatic rings. The minimum Gasteiger partial charge on any atom is -0.382 e. The van der Waals surface area contributed by atoms with Gasteiger partial charge >= 0.3 is 0 Å². The third-order valence-corrected chi connectivity index (χ3v) is 2.61. The molecule has 0 aromatic rings. The predicted octanol–water partition coefficient (Wildman–Crippen LogP) is 2.95. The molecule has 2 heteroatoms. The zero-order valence-corrected chi connectivity index (χ0v) is 11.0. The Bertz CT molecular complexity index is 223. The molecule has 0 unspecified atom stereocenters. The third-order valence-electron chi connectivity index (χ3n) is 2.61. The van der Waals surface area contributed by atoms with Gasteiger partial charge in [-0.25, -0.2) is 0 Å². The zero-order valence-electron chi connectivity index (χ0n) is 11.0. The summed E-state index contributed by atoms with van der Waals surface area (Å²) >= 11 is 0. The molecule has 1 N–H and O–H groups in total. The molecular weight excluding hydrogens is 196 g/mol. The van der Waals surface area contributed by atoms with Crippen molar-refractivity contribution in [2.45, 2.75) is 32.7 Å². The molecular formula is C14H26N2. The molecule has 0 bridgehead atoms. The van der Waals surface area contributed by atoms with Gasteiger partial charge in [0, 0.05) is 11.7 Å². The smallest absolute Gasteiger partial charge is 0.0336 e. The van der Waals surface area contributed by atoms with Crippen LogP contribution in [0.15, 0.2) is 37.1 Å². The Morgan fingerprint density at radius 1 is 1.25 bits per heavy atom. The van der Waals surface area contributed by atoms with Gasteiger partial charge in [0.2, 0.25) is 0 Å². The molecule has 0 radical (unpaired) electrons. The highest BCUT2D eigenvalue weighted by Gasteiger charge is 2.15. The summed E-state index contributed by atoms with van der Waals surface area (Å²) in [4.78, 5) is 2.36. The first-order chi connectivity index (χ1) is 7.76. The van der Waals surface area contributed by atoms with Crippen molar-refractivity contribution in [1.82, 2.24) is 10.2 Å². The predicted molar refractivity (Wildman–Crippen MR) is 73.5 cm³/mol. The Hall–Kier alpha value is -1.02.